The molecule has 0 amide bonds. The SMILES string of the molecule is N#CC1CC1[B-](F)(F)F. The summed E-state index contributed by atoms with van der Waals surface area (Å²) in [4.78, 5) is 0. The smallest absolute Gasteiger partial charge is 0.449 e. The van der Waals surface area contributed by atoms with Gasteiger partial charge in [-0.15, -0.1) is 0 Å². The summed E-state index contributed by atoms with van der Waals surface area (Å²) in [6.07, 6.45) is 0.0278. The Bertz CT molecular complexity index is 158. The third-order valence-electron chi connectivity index (χ3n) is 1.49. The van der Waals surface area contributed by atoms with Gasteiger partial charge in [0.15, 0.2) is 0 Å². The zero-order chi connectivity index (χ0) is 7.07. The van der Waals surface area contributed by atoms with Crippen molar-refractivity contribution in [1.29, 1.82) is 5.26 Å². The molecule has 2 unspecified atom stereocenters. The molecule has 0 saturated heterocycles. The summed E-state index contributed by atoms with van der Waals surface area (Å²) in [6.45, 7) is -4.72. The molecule has 1 aliphatic rings. The van der Waals surface area contributed by atoms with Crippen molar-refractivity contribution >= 4 is 6.98 Å². The molecule has 2 atom stereocenters. The van der Waals surface area contributed by atoms with Gasteiger partial charge in [-0.1, -0.05) is 12.2 Å². The molecule has 0 aromatic rings. The first-order chi connectivity index (χ1) is 4.05. The van der Waals surface area contributed by atoms with Crippen molar-refractivity contribution in [3.8, 4) is 6.07 Å². The molecule has 0 aromatic carbocycles. The van der Waals surface area contributed by atoms with Crippen LogP contribution in [-0.4, -0.2) is 6.98 Å². The Hall–Kier alpha value is -0.655. The molecule has 1 saturated carbocycles. The van der Waals surface area contributed by atoms with Crippen LogP contribution in [0.25, 0.3) is 0 Å². The minimum absolute atomic E-state index is 0.0278. The summed E-state index contributed by atoms with van der Waals surface area (Å²) in [7, 11) is 0. The monoisotopic (exact) mass is 134 g/mol. The highest BCUT2D eigenvalue weighted by molar-refractivity contribution is 6.61. The van der Waals surface area contributed by atoms with Gasteiger partial charge in [0.25, 0.3) is 0 Å². The Labute approximate surface area is 50.5 Å². The first kappa shape index (κ1) is 6.46. The molecule has 0 aromatic heterocycles. The van der Waals surface area contributed by atoms with E-state index in [9.17, 15) is 12.9 Å². The summed E-state index contributed by atoms with van der Waals surface area (Å²) in [5.74, 6) is -2.00. The maximum atomic E-state index is 11.6. The van der Waals surface area contributed by atoms with Crippen molar-refractivity contribution < 1.29 is 12.9 Å². The van der Waals surface area contributed by atoms with Crippen molar-refractivity contribution in [1.82, 2.24) is 0 Å². The largest absolute Gasteiger partial charge is 0.482 e. The van der Waals surface area contributed by atoms with Crippen LogP contribution in [0.4, 0.5) is 12.9 Å². The maximum absolute atomic E-state index is 11.6. The van der Waals surface area contributed by atoms with E-state index in [4.69, 9.17) is 5.26 Å². The summed E-state index contributed by atoms with van der Waals surface area (Å²) in [5, 5.41) is 8.00. The summed E-state index contributed by atoms with van der Waals surface area (Å²) >= 11 is 0. The molecule has 0 N–H and O–H groups in total. The highest BCUT2D eigenvalue weighted by atomic mass is 19.4. The second kappa shape index (κ2) is 1.66. The minimum Gasteiger partial charge on any atom is -0.449 e. The van der Waals surface area contributed by atoms with Gasteiger partial charge >= 0.3 is 6.98 Å². The predicted octanol–water partition coefficient (Wildman–Crippen LogP) is 1.75. The van der Waals surface area contributed by atoms with Crippen molar-refractivity contribution in [3.05, 3.63) is 0 Å². The number of rotatable bonds is 1. The standard InChI is InChI=1S/C4H4BF3N/c6-5(7,8)4-1-3(4)2-9/h3-4H,1H2/q-1. The fraction of sp³-hybridized carbons (Fsp3) is 0.750. The van der Waals surface area contributed by atoms with Crippen LogP contribution in [0.1, 0.15) is 6.42 Å². The number of hydrogen-bond donors (Lipinski definition) is 0. The number of hydrogen-bond acceptors (Lipinski definition) is 1. The van der Waals surface area contributed by atoms with E-state index >= 15 is 0 Å². The molecule has 9 heavy (non-hydrogen) atoms. The normalized spacial score (nSPS) is 33.6. The molecule has 0 bridgehead atoms. The van der Waals surface area contributed by atoms with E-state index in [0.717, 1.165) is 0 Å². The van der Waals surface area contributed by atoms with Gasteiger partial charge in [-0.25, -0.2) is 0 Å². The van der Waals surface area contributed by atoms with Gasteiger partial charge in [-0.3, -0.25) is 0 Å². The van der Waals surface area contributed by atoms with Crippen molar-refractivity contribution in [2.45, 2.75) is 12.2 Å². The number of nitriles is 1. The van der Waals surface area contributed by atoms with E-state index in [1.54, 1.807) is 6.07 Å². The van der Waals surface area contributed by atoms with Crippen LogP contribution < -0.4 is 0 Å². The molecule has 1 nitrogen and oxygen atoms in total. The highest BCUT2D eigenvalue weighted by Crippen LogP contribution is 2.52. The van der Waals surface area contributed by atoms with Gasteiger partial charge in [0.2, 0.25) is 0 Å². The second-order valence-electron chi connectivity index (χ2n) is 2.26. The molecule has 1 rings (SSSR count). The molecule has 0 radical (unpaired) electrons. The second-order valence-corrected chi connectivity index (χ2v) is 2.26. The van der Waals surface area contributed by atoms with E-state index in [1.165, 1.54) is 0 Å². The quantitative estimate of drug-likeness (QED) is 0.501. The first-order valence-electron chi connectivity index (χ1n) is 2.65. The topological polar surface area (TPSA) is 23.8 Å². The van der Waals surface area contributed by atoms with E-state index in [2.05, 4.69) is 0 Å². The van der Waals surface area contributed by atoms with Gasteiger partial charge in [0, 0.05) is 5.92 Å². The zero-order valence-electron chi connectivity index (χ0n) is 4.52. The molecule has 1 fully saturated rings. The minimum atomic E-state index is -4.72. The number of nitrogens with zero attached hydrogens (tertiary/aromatic N) is 1. The third kappa shape index (κ3) is 1.18. The summed E-state index contributed by atoms with van der Waals surface area (Å²) < 4.78 is 34.8. The lowest BCUT2D eigenvalue weighted by molar-refractivity contribution is 0.463. The molecule has 5 heteroatoms. The van der Waals surface area contributed by atoms with Crippen LogP contribution >= 0.6 is 0 Å². The molecular weight excluding hydrogens is 130 g/mol. The molecular formula is C4H4BF3N-. The average Bonchev–Trinajstić information content (AvgIpc) is 2.39. The van der Waals surface area contributed by atoms with Crippen LogP contribution in [0, 0.1) is 17.2 Å². The van der Waals surface area contributed by atoms with Gasteiger partial charge in [0.05, 0.1) is 6.07 Å². The fourth-order valence-corrected chi connectivity index (χ4v) is 0.781. The Kier molecular flexibility index (Phi) is 1.19. The Morgan fingerprint density at radius 2 is 2.00 bits per heavy atom. The molecule has 0 heterocycles. The lowest BCUT2D eigenvalue weighted by Gasteiger charge is -2.10. The van der Waals surface area contributed by atoms with Gasteiger partial charge in [-0.2, -0.15) is 5.26 Å². The molecule has 0 aliphatic heterocycles. The van der Waals surface area contributed by atoms with E-state index in [-0.39, 0.29) is 6.42 Å². The summed E-state index contributed by atoms with van der Waals surface area (Å²) in [5.41, 5.74) is 0. The zero-order valence-corrected chi connectivity index (χ0v) is 4.52. The van der Waals surface area contributed by atoms with E-state index in [1.807, 2.05) is 0 Å². The Balaban J connectivity index is 2.45. The lowest BCUT2D eigenvalue weighted by Crippen LogP contribution is -2.15. The molecule has 50 valence electrons. The van der Waals surface area contributed by atoms with Crippen LogP contribution in [0.3, 0.4) is 0 Å². The Morgan fingerprint density at radius 1 is 1.44 bits per heavy atom. The van der Waals surface area contributed by atoms with E-state index in [0.29, 0.717) is 0 Å². The van der Waals surface area contributed by atoms with Crippen LogP contribution in [0.15, 0.2) is 0 Å². The van der Waals surface area contributed by atoms with Crippen molar-refractivity contribution in [2.75, 3.05) is 0 Å². The van der Waals surface area contributed by atoms with E-state index < -0.39 is 18.7 Å². The third-order valence-corrected chi connectivity index (χ3v) is 1.49. The van der Waals surface area contributed by atoms with Crippen molar-refractivity contribution in [3.63, 3.8) is 0 Å². The van der Waals surface area contributed by atoms with Gasteiger partial charge < -0.3 is 12.9 Å². The van der Waals surface area contributed by atoms with Crippen LogP contribution in [0.2, 0.25) is 5.82 Å². The lowest BCUT2D eigenvalue weighted by atomic mass is 9.82. The Morgan fingerprint density at radius 3 is 2.11 bits per heavy atom. The van der Waals surface area contributed by atoms with Crippen LogP contribution in [0.5, 0.6) is 0 Å². The molecule has 1 aliphatic carbocycles. The number of halogens is 3. The summed E-state index contributed by atoms with van der Waals surface area (Å²) in [6, 6.07) is 1.59. The molecule has 0 spiro atoms. The first-order valence-corrected chi connectivity index (χ1v) is 2.65. The van der Waals surface area contributed by atoms with Crippen molar-refractivity contribution in [2.24, 2.45) is 5.92 Å². The highest BCUT2D eigenvalue weighted by Gasteiger charge is 2.50. The van der Waals surface area contributed by atoms with Gasteiger partial charge in [0.1, 0.15) is 0 Å². The van der Waals surface area contributed by atoms with Crippen LogP contribution in [-0.2, 0) is 0 Å². The average molecular weight is 134 g/mol. The van der Waals surface area contributed by atoms with Gasteiger partial charge in [-0.05, 0) is 0 Å². The maximum Gasteiger partial charge on any atom is 0.482 e. The fourth-order valence-electron chi connectivity index (χ4n) is 0.781. The predicted molar refractivity (Wildman–Crippen MR) is 26.5 cm³/mol.